The van der Waals surface area contributed by atoms with Crippen molar-refractivity contribution in [2.24, 2.45) is 0 Å². The number of halogens is 2. The molecule has 3 aromatic rings. The number of sulfonamides is 1. The first kappa shape index (κ1) is 24.1. The molecule has 0 spiro atoms. The largest absolute Gasteiger partial charge is 0.497 e. The summed E-state index contributed by atoms with van der Waals surface area (Å²) in [6.45, 7) is 1.13. The second-order valence-electron chi connectivity index (χ2n) is 6.71. The Morgan fingerprint density at radius 2 is 1.91 bits per heavy atom. The van der Waals surface area contributed by atoms with Gasteiger partial charge in [-0.3, -0.25) is 4.79 Å². The Bertz CT molecular complexity index is 1260. The highest BCUT2D eigenvalue weighted by Crippen LogP contribution is 2.27. The molecule has 0 atom stereocenters. The van der Waals surface area contributed by atoms with Gasteiger partial charge >= 0.3 is 0 Å². The first-order valence-electron chi connectivity index (χ1n) is 9.47. The van der Waals surface area contributed by atoms with Crippen LogP contribution in [0, 0.1) is 0 Å². The SMILES string of the molecule is COc1ccc(CNS(=O)(=O)c2cc(NC(C)=O)ccc2-n2cnc(C(F)F)n2)c(OC)c1. The van der Waals surface area contributed by atoms with Gasteiger partial charge in [0.1, 0.15) is 22.7 Å². The third kappa shape index (κ3) is 5.62. The Kier molecular flexibility index (Phi) is 7.23. The summed E-state index contributed by atoms with van der Waals surface area (Å²) in [7, 11) is -1.28. The van der Waals surface area contributed by atoms with Crippen LogP contribution in [0.5, 0.6) is 11.5 Å². The summed E-state index contributed by atoms with van der Waals surface area (Å²) in [6.07, 6.45) is -1.94. The second-order valence-corrected chi connectivity index (χ2v) is 8.45. The molecule has 0 saturated carbocycles. The van der Waals surface area contributed by atoms with Crippen molar-refractivity contribution in [1.82, 2.24) is 19.5 Å². The number of carbonyl (C=O) groups is 1. The zero-order chi connectivity index (χ0) is 24.2. The Morgan fingerprint density at radius 1 is 1.15 bits per heavy atom. The van der Waals surface area contributed by atoms with Gasteiger partial charge in [-0.2, -0.15) is 0 Å². The van der Waals surface area contributed by atoms with Gasteiger partial charge in [-0.15, -0.1) is 5.10 Å². The van der Waals surface area contributed by atoms with Crippen molar-refractivity contribution in [2.75, 3.05) is 19.5 Å². The predicted octanol–water partition coefficient (Wildman–Crippen LogP) is 2.66. The van der Waals surface area contributed by atoms with Crippen molar-refractivity contribution in [3.05, 3.63) is 54.1 Å². The van der Waals surface area contributed by atoms with E-state index in [1.54, 1.807) is 18.2 Å². The average molecular weight is 481 g/mol. The second kappa shape index (κ2) is 9.92. The molecule has 1 aromatic heterocycles. The van der Waals surface area contributed by atoms with E-state index >= 15 is 0 Å². The highest BCUT2D eigenvalue weighted by molar-refractivity contribution is 7.89. The molecule has 0 aliphatic rings. The van der Waals surface area contributed by atoms with Crippen LogP contribution in [0.2, 0.25) is 0 Å². The number of hydrogen-bond donors (Lipinski definition) is 2. The van der Waals surface area contributed by atoms with Gasteiger partial charge in [0, 0.05) is 30.8 Å². The minimum Gasteiger partial charge on any atom is -0.497 e. The number of rotatable bonds is 9. The van der Waals surface area contributed by atoms with E-state index < -0.39 is 28.2 Å². The monoisotopic (exact) mass is 481 g/mol. The number of alkyl halides is 2. The van der Waals surface area contributed by atoms with E-state index in [2.05, 4.69) is 20.1 Å². The van der Waals surface area contributed by atoms with E-state index in [0.29, 0.717) is 17.1 Å². The molecule has 0 fully saturated rings. The highest BCUT2D eigenvalue weighted by Gasteiger charge is 2.23. The number of aromatic nitrogens is 3. The van der Waals surface area contributed by atoms with E-state index in [4.69, 9.17) is 9.47 Å². The lowest BCUT2D eigenvalue weighted by molar-refractivity contribution is -0.114. The summed E-state index contributed by atoms with van der Waals surface area (Å²) in [4.78, 5) is 14.6. The van der Waals surface area contributed by atoms with Crippen molar-refractivity contribution in [2.45, 2.75) is 24.8 Å². The van der Waals surface area contributed by atoms with Gasteiger partial charge in [0.05, 0.1) is 19.9 Å². The standard InChI is InChI=1S/C20H21F2N5O5S/c1-12(28)25-14-5-7-16(27-11-23-20(26-27)19(21)22)18(8-14)33(29,30)24-10-13-4-6-15(31-2)9-17(13)32-3/h4-9,11,19,24H,10H2,1-3H3,(H,25,28). The molecule has 13 heteroatoms. The molecule has 2 aromatic carbocycles. The van der Waals surface area contributed by atoms with Crippen LogP contribution < -0.4 is 19.5 Å². The number of nitrogens with zero attached hydrogens (tertiary/aromatic N) is 3. The van der Waals surface area contributed by atoms with Crippen LogP contribution in [-0.4, -0.2) is 43.3 Å². The predicted molar refractivity (Wildman–Crippen MR) is 114 cm³/mol. The molecule has 0 saturated heterocycles. The smallest absolute Gasteiger partial charge is 0.299 e. The van der Waals surface area contributed by atoms with Crippen LogP contribution in [0.15, 0.2) is 47.6 Å². The Labute approximate surface area is 188 Å². The van der Waals surface area contributed by atoms with Gasteiger partial charge < -0.3 is 14.8 Å². The number of benzene rings is 2. The van der Waals surface area contributed by atoms with Gasteiger partial charge in [-0.25, -0.2) is 31.6 Å². The number of carbonyl (C=O) groups excluding carboxylic acids is 1. The van der Waals surface area contributed by atoms with Gasteiger partial charge in [-0.1, -0.05) is 6.07 Å². The number of anilines is 1. The van der Waals surface area contributed by atoms with Crippen LogP contribution in [-0.2, 0) is 21.4 Å². The van der Waals surface area contributed by atoms with Crippen LogP contribution in [0.4, 0.5) is 14.5 Å². The van der Waals surface area contributed by atoms with E-state index in [9.17, 15) is 22.0 Å². The Morgan fingerprint density at radius 3 is 2.52 bits per heavy atom. The third-order valence-corrected chi connectivity index (χ3v) is 5.90. The minimum absolute atomic E-state index is 0.0299. The first-order valence-corrected chi connectivity index (χ1v) is 10.9. The average Bonchev–Trinajstić information content (AvgIpc) is 3.27. The molecule has 0 aliphatic heterocycles. The molecule has 3 rings (SSSR count). The fraction of sp³-hybridized carbons (Fsp3) is 0.250. The summed E-state index contributed by atoms with van der Waals surface area (Å²) < 4.78 is 66.1. The van der Waals surface area contributed by atoms with Crippen LogP contribution in [0.3, 0.4) is 0 Å². The Balaban J connectivity index is 1.99. The third-order valence-electron chi connectivity index (χ3n) is 4.47. The van der Waals surface area contributed by atoms with Crippen molar-refractivity contribution in [3.63, 3.8) is 0 Å². The molecule has 2 N–H and O–H groups in total. The lowest BCUT2D eigenvalue weighted by Gasteiger charge is -2.15. The van der Waals surface area contributed by atoms with Crippen LogP contribution in [0.1, 0.15) is 24.7 Å². The highest BCUT2D eigenvalue weighted by atomic mass is 32.2. The first-order chi connectivity index (χ1) is 15.6. The fourth-order valence-corrected chi connectivity index (χ4v) is 4.16. The van der Waals surface area contributed by atoms with Crippen LogP contribution >= 0.6 is 0 Å². The quantitative estimate of drug-likeness (QED) is 0.481. The van der Waals surface area contributed by atoms with Crippen molar-refractivity contribution < 1.29 is 31.5 Å². The molecule has 0 unspecified atom stereocenters. The van der Waals surface area contributed by atoms with E-state index in [-0.39, 0.29) is 22.8 Å². The maximum absolute atomic E-state index is 13.2. The molecule has 0 radical (unpaired) electrons. The summed E-state index contributed by atoms with van der Waals surface area (Å²) in [5.41, 5.74) is 0.697. The molecule has 176 valence electrons. The van der Waals surface area contributed by atoms with Crippen LogP contribution in [0.25, 0.3) is 5.69 Å². The van der Waals surface area contributed by atoms with Crippen molar-refractivity contribution in [3.8, 4) is 17.2 Å². The van der Waals surface area contributed by atoms with Crippen molar-refractivity contribution >= 4 is 21.6 Å². The molecule has 0 aliphatic carbocycles. The minimum atomic E-state index is -4.21. The molecule has 0 bridgehead atoms. The fourth-order valence-electron chi connectivity index (χ4n) is 2.94. The topological polar surface area (TPSA) is 124 Å². The summed E-state index contributed by atoms with van der Waals surface area (Å²) in [5.74, 6) is -0.227. The number of ether oxygens (including phenoxy) is 2. The van der Waals surface area contributed by atoms with Gasteiger partial charge in [0.25, 0.3) is 6.43 Å². The van der Waals surface area contributed by atoms with Gasteiger partial charge in [0.15, 0.2) is 0 Å². The summed E-state index contributed by atoms with van der Waals surface area (Å²) in [6, 6.07) is 8.85. The van der Waals surface area contributed by atoms with E-state index in [1.807, 2.05) is 0 Å². The Hall–Kier alpha value is -3.58. The zero-order valence-electron chi connectivity index (χ0n) is 17.9. The summed E-state index contributed by atoms with van der Waals surface area (Å²) >= 11 is 0. The summed E-state index contributed by atoms with van der Waals surface area (Å²) in [5, 5.41) is 6.15. The lowest BCUT2D eigenvalue weighted by atomic mass is 10.2. The molecule has 10 nitrogen and oxygen atoms in total. The van der Waals surface area contributed by atoms with E-state index in [1.165, 1.54) is 39.3 Å². The molecular formula is C20H21F2N5O5S. The maximum atomic E-state index is 13.2. The maximum Gasteiger partial charge on any atom is 0.299 e. The van der Waals surface area contributed by atoms with Gasteiger partial charge in [0.2, 0.25) is 21.8 Å². The number of methoxy groups -OCH3 is 2. The number of hydrogen-bond acceptors (Lipinski definition) is 7. The van der Waals surface area contributed by atoms with E-state index in [0.717, 1.165) is 11.0 Å². The number of nitrogens with one attached hydrogen (secondary N) is 2. The molecule has 1 heterocycles. The molecule has 1 amide bonds. The normalized spacial score (nSPS) is 11.5. The molecular weight excluding hydrogens is 460 g/mol. The van der Waals surface area contributed by atoms with Crippen molar-refractivity contribution in [1.29, 1.82) is 0 Å². The van der Waals surface area contributed by atoms with Gasteiger partial charge in [-0.05, 0) is 24.3 Å². The number of amides is 1. The lowest BCUT2D eigenvalue weighted by Crippen LogP contribution is -2.25. The molecule has 33 heavy (non-hydrogen) atoms. The zero-order valence-corrected chi connectivity index (χ0v) is 18.7.